The normalized spacial score (nSPS) is 11.9. The van der Waals surface area contributed by atoms with Crippen molar-refractivity contribution in [1.82, 2.24) is 4.90 Å². The van der Waals surface area contributed by atoms with Crippen molar-refractivity contribution in [2.45, 2.75) is 121 Å². The standard InChI is InChI=1S/C13H23NO4.C11H15NO.C7H14.C3H4.2C2H6/c1-5-6-12(16)14(4)10(7-9(2)3)11(15)8-13(17)18;1-10-2-4-11(5-3-10)12-6-8-13-9-7-12;1-4-5-6-7(2)3;1-3-2;2*1-2/h9-10H,5-8H2,1-4H3,(H,17,18);2-5H,6-9H2,1H3;4,7H,1,5-6H2,2-3H3;1H,2H3;2*1-2H3. The van der Waals surface area contributed by atoms with Crippen molar-refractivity contribution < 1.29 is 24.2 Å². The van der Waals surface area contributed by atoms with Crippen LogP contribution in [-0.4, -0.2) is 67.1 Å². The Labute approximate surface area is 277 Å². The van der Waals surface area contributed by atoms with Crippen LogP contribution in [0.1, 0.15) is 113 Å². The third-order valence-corrected chi connectivity index (χ3v) is 6.07. The molecule has 1 aliphatic rings. The van der Waals surface area contributed by atoms with E-state index in [2.05, 4.69) is 68.9 Å². The quantitative estimate of drug-likeness (QED) is 0.141. The summed E-state index contributed by atoms with van der Waals surface area (Å²) in [4.78, 5) is 38.0. The number of nitrogens with zero attached hydrogens (tertiary/aromatic N) is 2. The van der Waals surface area contributed by atoms with E-state index in [4.69, 9.17) is 9.84 Å². The van der Waals surface area contributed by atoms with Gasteiger partial charge in [0.1, 0.15) is 6.42 Å². The Hall–Kier alpha value is -3.11. The molecule has 2 rings (SSSR count). The number of benzene rings is 1. The van der Waals surface area contributed by atoms with Gasteiger partial charge in [0, 0.05) is 32.2 Å². The van der Waals surface area contributed by atoms with Gasteiger partial charge in [-0.15, -0.1) is 18.9 Å². The third kappa shape index (κ3) is 29.4. The maximum atomic E-state index is 11.9. The van der Waals surface area contributed by atoms with E-state index in [1.165, 1.54) is 22.6 Å². The molecule has 1 N–H and O–H groups in total. The second-order valence-corrected chi connectivity index (χ2v) is 10.9. The Balaban J connectivity index is -0.000000270. The molecule has 0 saturated carbocycles. The van der Waals surface area contributed by atoms with Crippen molar-refractivity contribution in [3.8, 4) is 12.3 Å². The van der Waals surface area contributed by atoms with E-state index in [9.17, 15) is 14.4 Å². The van der Waals surface area contributed by atoms with Crippen LogP contribution in [0.5, 0.6) is 0 Å². The van der Waals surface area contributed by atoms with Crippen LogP contribution in [0, 0.1) is 31.1 Å². The molecule has 1 aliphatic heterocycles. The Bertz CT molecular complexity index is 898. The number of ketones is 1. The molecule has 0 bridgehead atoms. The second kappa shape index (κ2) is 33.8. The van der Waals surface area contributed by atoms with Crippen LogP contribution < -0.4 is 4.90 Å². The topological polar surface area (TPSA) is 87.2 Å². The number of amides is 1. The molecule has 1 aromatic carbocycles. The predicted molar refractivity (Wildman–Crippen MR) is 194 cm³/mol. The number of morpholine rings is 1. The van der Waals surface area contributed by atoms with Crippen LogP contribution >= 0.6 is 0 Å². The SMILES string of the molecule is C#CC.C=CCCC(C)C.CC.CC.CCCC(=O)N(C)C(CC(C)C)C(=O)CC(=O)O.Cc1ccc(N2CCOCC2)cc1. The summed E-state index contributed by atoms with van der Waals surface area (Å²) in [5.74, 6) is 1.65. The fraction of sp³-hybridized carbons (Fsp3) is 0.658. The zero-order valence-electron chi connectivity index (χ0n) is 30.9. The molecule has 1 unspecified atom stereocenters. The number of likely N-dealkylation sites (N-methyl/N-ethyl adjacent to an activating group) is 1. The summed E-state index contributed by atoms with van der Waals surface area (Å²) >= 11 is 0. The van der Waals surface area contributed by atoms with Crippen molar-refractivity contribution in [3.05, 3.63) is 42.5 Å². The number of carbonyl (C=O) groups excluding carboxylic acids is 2. The first-order chi connectivity index (χ1) is 21.3. The van der Waals surface area contributed by atoms with E-state index in [1.54, 1.807) is 14.0 Å². The van der Waals surface area contributed by atoms with Crippen molar-refractivity contribution in [3.63, 3.8) is 0 Å². The molecule has 0 aliphatic carbocycles. The molecule has 45 heavy (non-hydrogen) atoms. The second-order valence-electron chi connectivity index (χ2n) is 10.9. The maximum absolute atomic E-state index is 11.9. The molecule has 1 heterocycles. The number of allylic oxidation sites excluding steroid dienone is 1. The summed E-state index contributed by atoms with van der Waals surface area (Å²) in [7, 11) is 1.57. The fourth-order valence-corrected chi connectivity index (χ4v) is 3.81. The van der Waals surface area contributed by atoms with Gasteiger partial charge >= 0.3 is 5.97 Å². The zero-order chi connectivity index (χ0) is 35.8. The highest BCUT2D eigenvalue weighted by Crippen LogP contribution is 2.16. The largest absolute Gasteiger partial charge is 0.481 e. The minimum absolute atomic E-state index is 0.109. The minimum atomic E-state index is -1.15. The van der Waals surface area contributed by atoms with Gasteiger partial charge in [-0.05, 0) is 63.5 Å². The lowest BCUT2D eigenvalue weighted by molar-refractivity contribution is -0.145. The molecule has 1 atom stereocenters. The number of aryl methyl sites for hydroxylation is 1. The number of anilines is 1. The lowest BCUT2D eigenvalue weighted by atomic mass is 9.97. The van der Waals surface area contributed by atoms with Gasteiger partial charge in [-0.25, -0.2) is 0 Å². The van der Waals surface area contributed by atoms with Crippen molar-refractivity contribution >= 4 is 23.3 Å². The molecule has 7 heteroatoms. The van der Waals surface area contributed by atoms with Crippen LogP contribution in [0.4, 0.5) is 5.69 Å². The number of carbonyl (C=O) groups is 3. The van der Waals surface area contributed by atoms with Crippen molar-refractivity contribution in [2.24, 2.45) is 11.8 Å². The number of ether oxygens (including phenoxy) is 1. The molecule has 1 aromatic rings. The summed E-state index contributed by atoms with van der Waals surface area (Å²) in [5.41, 5.74) is 2.63. The summed E-state index contributed by atoms with van der Waals surface area (Å²) in [6, 6.07) is 8.05. The molecule has 1 saturated heterocycles. The van der Waals surface area contributed by atoms with Crippen LogP contribution in [-0.2, 0) is 19.1 Å². The Morgan fingerprint density at radius 2 is 1.53 bits per heavy atom. The van der Waals surface area contributed by atoms with E-state index < -0.39 is 24.2 Å². The van der Waals surface area contributed by atoms with Crippen LogP contribution in [0.3, 0.4) is 0 Å². The van der Waals surface area contributed by atoms with E-state index in [0.29, 0.717) is 19.3 Å². The molecular weight excluding hydrogens is 564 g/mol. The van der Waals surface area contributed by atoms with Gasteiger partial charge in [0.2, 0.25) is 5.91 Å². The first-order valence-electron chi connectivity index (χ1n) is 16.7. The molecule has 1 amide bonds. The number of hydrogen-bond acceptors (Lipinski definition) is 5. The highest BCUT2D eigenvalue weighted by molar-refractivity contribution is 5.99. The van der Waals surface area contributed by atoms with Crippen LogP contribution in [0.15, 0.2) is 36.9 Å². The Morgan fingerprint density at radius 3 is 1.89 bits per heavy atom. The predicted octanol–water partition coefficient (Wildman–Crippen LogP) is 8.84. The lowest BCUT2D eigenvalue weighted by Crippen LogP contribution is -2.43. The third-order valence-electron chi connectivity index (χ3n) is 6.07. The van der Waals surface area contributed by atoms with E-state index in [1.807, 2.05) is 54.5 Å². The summed E-state index contributed by atoms with van der Waals surface area (Å²) in [6.07, 6.45) is 10.1. The smallest absolute Gasteiger partial charge is 0.310 e. The number of Topliss-reactive ketones (excluding diaryl/α,β-unsaturated/α-hetero) is 1. The van der Waals surface area contributed by atoms with Gasteiger partial charge in [-0.3, -0.25) is 14.4 Å². The Morgan fingerprint density at radius 1 is 1.04 bits per heavy atom. The molecule has 0 spiro atoms. The average molecular weight is 633 g/mol. The summed E-state index contributed by atoms with van der Waals surface area (Å²) in [5, 5.41) is 8.67. The highest BCUT2D eigenvalue weighted by atomic mass is 16.5. The summed E-state index contributed by atoms with van der Waals surface area (Å²) in [6.45, 7) is 29.4. The van der Waals surface area contributed by atoms with Crippen molar-refractivity contribution in [1.29, 1.82) is 0 Å². The zero-order valence-corrected chi connectivity index (χ0v) is 30.9. The van der Waals surface area contributed by atoms with Gasteiger partial charge in [0.05, 0.1) is 19.3 Å². The Kier molecular flexibility index (Phi) is 36.6. The maximum Gasteiger partial charge on any atom is 0.310 e. The van der Waals surface area contributed by atoms with Gasteiger partial charge in [-0.2, -0.15) is 0 Å². The van der Waals surface area contributed by atoms with E-state index >= 15 is 0 Å². The molecule has 1 fully saturated rings. The first-order valence-corrected chi connectivity index (χ1v) is 16.7. The van der Waals surface area contributed by atoms with Gasteiger partial charge < -0.3 is 19.6 Å². The minimum Gasteiger partial charge on any atom is -0.481 e. The highest BCUT2D eigenvalue weighted by Gasteiger charge is 2.28. The number of carboxylic acids is 1. The molecule has 260 valence electrons. The molecular formula is C38H68N2O5. The van der Waals surface area contributed by atoms with Gasteiger partial charge in [-0.1, -0.05) is 86.1 Å². The van der Waals surface area contributed by atoms with Crippen LogP contribution in [0.2, 0.25) is 0 Å². The first kappa shape index (κ1) is 48.8. The molecule has 7 nitrogen and oxygen atoms in total. The van der Waals surface area contributed by atoms with Gasteiger partial charge in [0.25, 0.3) is 0 Å². The average Bonchev–Trinajstić information content (AvgIpc) is 3.02. The number of aliphatic carboxylic acids is 1. The monoisotopic (exact) mass is 633 g/mol. The number of carboxylic acid groups (broad SMARTS) is 1. The number of terminal acetylenes is 1. The lowest BCUT2D eigenvalue weighted by Gasteiger charge is -2.28. The molecule has 0 aromatic heterocycles. The van der Waals surface area contributed by atoms with Crippen LogP contribution in [0.25, 0.3) is 0 Å². The van der Waals surface area contributed by atoms with Gasteiger partial charge in [0.15, 0.2) is 5.78 Å². The summed E-state index contributed by atoms with van der Waals surface area (Å²) < 4.78 is 5.30. The van der Waals surface area contributed by atoms with E-state index in [-0.39, 0.29) is 11.8 Å². The molecule has 0 radical (unpaired) electrons. The fourth-order valence-electron chi connectivity index (χ4n) is 3.81. The van der Waals surface area contributed by atoms with Crippen molar-refractivity contribution in [2.75, 3.05) is 38.3 Å². The van der Waals surface area contributed by atoms with E-state index in [0.717, 1.165) is 38.6 Å². The number of rotatable bonds is 12. The number of hydrogen-bond donors (Lipinski definition) is 1.